The second-order valence-corrected chi connectivity index (χ2v) is 4.83. The SMILES string of the molecule is CCc1cnccc1C(N)CC1CCOCC1. The molecule has 0 bridgehead atoms. The van der Waals surface area contributed by atoms with Gasteiger partial charge in [-0.2, -0.15) is 0 Å². The van der Waals surface area contributed by atoms with Crippen molar-refractivity contribution in [3.05, 3.63) is 29.6 Å². The first kappa shape index (κ1) is 12.5. The molecule has 0 saturated carbocycles. The lowest BCUT2D eigenvalue weighted by molar-refractivity contribution is 0.0618. The summed E-state index contributed by atoms with van der Waals surface area (Å²) in [5, 5.41) is 0. The molecule has 1 aromatic rings. The van der Waals surface area contributed by atoms with E-state index in [-0.39, 0.29) is 6.04 Å². The second-order valence-electron chi connectivity index (χ2n) is 4.83. The van der Waals surface area contributed by atoms with Gasteiger partial charge in [-0.3, -0.25) is 4.98 Å². The van der Waals surface area contributed by atoms with Crippen molar-refractivity contribution in [3.63, 3.8) is 0 Å². The maximum absolute atomic E-state index is 6.33. The summed E-state index contributed by atoms with van der Waals surface area (Å²) >= 11 is 0. The summed E-state index contributed by atoms with van der Waals surface area (Å²) in [6.45, 7) is 3.95. The standard InChI is InChI=1S/C14H22N2O/c1-2-12-10-16-6-3-13(12)14(15)9-11-4-7-17-8-5-11/h3,6,10-11,14H,2,4-5,7-9,15H2,1H3. The number of aryl methyl sites for hydroxylation is 1. The van der Waals surface area contributed by atoms with E-state index in [0.717, 1.165) is 44.8 Å². The van der Waals surface area contributed by atoms with E-state index >= 15 is 0 Å². The van der Waals surface area contributed by atoms with Crippen molar-refractivity contribution in [1.82, 2.24) is 4.98 Å². The minimum absolute atomic E-state index is 0.149. The lowest BCUT2D eigenvalue weighted by Crippen LogP contribution is -2.22. The van der Waals surface area contributed by atoms with Crippen molar-refractivity contribution < 1.29 is 4.74 Å². The third-order valence-corrected chi connectivity index (χ3v) is 3.65. The van der Waals surface area contributed by atoms with Gasteiger partial charge in [0.15, 0.2) is 0 Å². The summed E-state index contributed by atoms with van der Waals surface area (Å²) < 4.78 is 5.38. The third kappa shape index (κ3) is 3.27. The van der Waals surface area contributed by atoms with Crippen molar-refractivity contribution in [3.8, 4) is 0 Å². The van der Waals surface area contributed by atoms with Crippen LogP contribution in [0.25, 0.3) is 0 Å². The van der Waals surface area contributed by atoms with Crippen LogP contribution in [0.1, 0.15) is 43.4 Å². The number of pyridine rings is 1. The number of hydrogen-bond donors (Lipinski definition) is 1. The number of ether oxygens (including phenoxy) is 1. The molecular formula is C14H22N2O. The van der Waals surface area contributed by atoms with Crippen molar-refractivity contribution in [2.24, 2.45) is 11.7 Å². The van der Waals surface area contributed by atoms with E-state index in [1.54, 1.807) is 0 Å². The van der Waals surface area contributed by atoms with Gasteiger partial charge < -0.3 is 10.5 Å². The zero-order chi connectivity index (χ0) is 12.1. The molecule has 0 aromatic carbocycles. The molecule has 0 radical (unpaired) electrons. The molecular weight excluding hydrogens is 212 g/mol. The van der Waals surface area contributed by atoms with Gasteiger partial charge in [0.05, 0.1) is 0 Å². The Kier molecular flexibility index (Phi) is 4.51. The van der Waals surface area contributed by atoms with E-state index in [1.165, 1.54) is 11.1 Å². The topological polar surface area (TPSA) is 48.1 Å². The minimum Gasteiger partial charge on any atom is -0.381 e. The Morgan fingerprint density at radius 2 is 2.24 bits per heavy atom. The molecule has 0 spiro atoms. The zero-order valence-electron chi connectivity index (χ0n) is 10.6. The summed E-state index contributed by atoms with van der Waals surface area (Å²) in [5.74, 6) is 0.719. The highest BCUT2D eigenvalue weighted by molar-refractivity contribution is 5.26. The van der Waals surface area contributed by atoms with Crippen molar-refractivity contribution >= 4 is 0 Å². The fourth-order valence-corrected chi connectivity index (χ4v) is 2.56. The van der Waals surface area contributed by atoms with E-state index in [4.69, 9.17) is 10.5 Å². The molecule has 3 nitrogen and oxygen atoms in total. The van der Waals surface area contributed by atoms with Crippen LogP contribution in [-0.2, 0) is 11.2 Å². The van der Waals surface area contributed by atoms with Crippen LogP contribution in [0.15, 0.2) is 18.5 Å². The molecule has 17 heavy (non-hydrogen) atoms. The minimum atomic E-state index is 0.149. The van der Waals surface area contributed by atoms with E-state index in [0.29, 0.717) is 0 Å². The molecule has 2 heterocycles. The highest BCUT2D eigenvalue weighted by Gasteiger charge is 2.19. The summed E-state index contributed by atoms with van der Waals surface area (Å²) in [4.78, 5) is 4.17. The molecule has 1 aliphatic heterocycles. The van der Waals surface area contributed by atoms with Crippen molar-refractivity contribution in [2.75, 3.05) is 13.2 Å². The van der Waals surface area contributed by atoms with Gasteiger partial charge in [-0.25, -0.2) is 0 Å². The summed E-state index contributed by atoms with van der Waals surface area (Å²) in [5.41, 5.74) is 8.89. The van der Waals surface area contributed by atoms with Crippen LogP contribution in [0.4, 0.5) is 0 Å². The Hall–Kier alpha value is -0.930. The average Bonchev–Trinajstić information content (AvgIpc) is 2.40. The van der Waals surface area contributed by atoms with Gasteiger partial charge in [-0.1, -0.05) is 6.92 Å². The van der Waals surface area contributed by atoms with Crippen LogP contribution in [0.5, 0.6) is 0 Å². The van der Waals surface area contributed by atoms with Crippen molar-refractivity contribution in [2.45, 2.75) is 38.6 Å². The third-order valence-electron chi connectivity index (χ3n) is 3.65. The maximum Gasteiger partial charge on any atom is 0.0468 e. The average molecular weight is 234 g/mol. The Morgan fingerprint density at radius 3 is 2.94 bits per heavy atom. The fraction of sp³-hybridized carbons (Fsp3) is 0.643. The quantitative estimate of drug-likeness (QED) is 0.870. The Morgan fingerprint density at radius 1 is 1.47 bits per heavy atom. The Labute approximate surface area is 103 Å². The first-order valence-electron chi connectivity index (χ1n) is 6.57. The molecule has 0 amide bonds. The van der Waals surface area contributed by atoms with Crippen LogP contribution < -0.4 is 5.73 Å². The van der Waals surface area contributed by atoms with E-state index in [9.17, 15) is 0 Å². The molecule has 1 fully saturated rings. The lowest BCUT2D eigenvalue weighted by atomic mass is 9.88. The van der Waals surface area contributed by atoms with Gasteiger partial charge in [0.1, 0.15) is 0 Å². The molecule has 1 aliphatic rings. The summed E-state index contributed by atoms with van der Waals surface area (Å²) in [6, 6.07) is 2.22. The predicted molar refractivity (Wildman–Crippen MR) is 68.7 cm³/mol. The van der Waals surface area contributed by atoms with Gasteiger partial charge in [0.25, 0.3) is 0 Å². The normalized spacial score (nSPS) is 19.2. The van der Waals surface area contributed by atoms with Gasteiger partial charge in [-0.05, 0) is 48.8 Å². The molecule has 94 valence electrons. The molecule has 1 aromatic heterocycles. The smallest absolute Gasteiger partial charge is 0.0468 e. The Balaban J connectivity index is 2.00. The highest BCUT2D eigenvalue weighted by atomic mass is 16.5. The maximum atomic E-state index is 6.33. The lowest BCUT2D eigenvalue weighted by Gasteiger charge is -2.25. The largest absolute Gasteiger partial charge is 0.381 e. The van der Waals surface area contributed by atoms with Gasteiger partial charge in [-0.15, -0.1) is 0 Å². The van der Waals surface area contributed by atoms with E-state index in [2.05, 4.69) is 18.0 Å². The first-order chi connectivity index (χ1) is 8.31. The molecule has 1 unspecified atom stereocenters. The van der Waals surface area contributed by atoms with E-state index < -0.39 is 0 Å². The van der Waals surface area contributed by atoms with Crippen LogP contribution in [0.2, 0.25) is 0 Å². The zero-order valence-corrected chi connectivity index (χ0v) is 10.6. The summed E-state index contributed by atoms with van der Waals surface area (Å²) in [6.07, 6.45) is 8.17. The fourth-order valence-electron chi connectivity index (χ4n) is 2.56. The van der Waals surface area contributed by atoms with Gasteiger partial charge >= 0.3 is 0 Å². The number of nitrogens with two attached hydrogens (primary N) is 1. The van der Waals surface area contributed by atoms with Crippen LogP contribution >= 0.6 is 0 Å². The molecule has 1 atom stereocenters. The molecule has 2 rings (SSSR count). The Bertz CT molecular complexity index is 348. The van der Waals surface area contributed by atoms with Crippen LogP contribution in [-0.4, -0.2) is 18.2 Å². The van der Waals surface area contributed by atoms with Gasteiger partial charge in [0, 0.05) is 31.6 Å². The number of aromatic nitrogens is 1. The predicted octanol–water partition coefficient (Wildman–Crippen LogP) is 2.46. The van der Waals surface area contributed by atoms with Crippen LogP contribution in [0.3, 0.4) is 0 Å². The van der Waals surface area contributed by atoms with Gasteiger partial charge in [0.2, 0.25) is 0 Å². The first-order valence-corrected chi connectivity index (χ1v) is 6.57. The summed E-state index contributed by atoms with van der Waals surface area (Å²) in [7, 11) is 0. The second kappa shape index (κ2) is 6.12. The number of rotatable bonds is 4. The molecule has 1 saturated heterocycles. The number of hydrogen-bond acceptors (Lipinski definition) is 3. The van der Waals surface area contributed by atoms with E-state index in [1.807, 2.05) is 12.4 Å². The molecule has 2 N–H and O–H groups in total. The van der Waals surface area contributed by atoms with Crippen molar-refractivity contribution in [1.29, 1.82) is 0 Å². The highest BCUT2D eigenvalue weighted by Crippen LogP contribution is 2.27. The van der Waals surface area contributed by atoms with Crippen LogP contribution in [0, 0.1) is 5.92 Å². The molecule has 3 heteroatoms. The monoisotopic (exact) mass is 234 g/mol. The number of nitrogens with zero attached hydrogens (tertiary/aromatic N) is 1. The molecule has 0 aliphatic carbocycles.